The molecule has 2 rings (SSSR count). The smallest absolute Gasteiger partial charge is 0.342 e. The largest absolute Gasteiger partial charge is 0.507 e. The number of nitrogens with zero attached hydrogens (tertiary/aromatic N) is 1. The number of sulfone groups is 1. The predicted molar refractivity (Wildman–Crippen MR) is 92.4 cm³/mol. The van der Waals surface area contributed by atoms with E-state index in [0.29, 0.717) is 13.0 Å². The molecule has 1 amide bonds. The minimum atomic E-state index is -3.13. The zero-order valence-electron chi connectivity index (χ0n) is 13.9. The van der Waals surface area contributed by atoms with Gasteiger partial charge in [-0.2, -0.15) is 0 Å². The average molecular weight is 390 g/mol. The summed E-state index contributed by atoms with van der Waals surface area (Å²) in [6.45, 7) is 3.47. The third-order valence-corrected chi connectivity index (χ3v) is 6.07. The lowest BCUT2D eigenvalue weighted by atomic mass is 10.2. The Morgan fingerprint density at radius 3 is 2.64 bits per heavy atom. The zero-order chi connectivity index (χ0) is 18.8. The number of hydrogen-bond acceptors (Lipinski definition) is 6. The number of phenolic OH excluding ortho intramolecular Hbond substituents is 1. The van der Waals surface area contributed by atoms with E-state index in [-0.39, 0.29) is 27.8 Å². The first-order chi connectivity index (χ1) is 11.6. The Balaban J connectivity index is 2.06. The van der Waals surface area contributed by atoms with Crippen LogP contribution in [0.15, 0.2) is 18.2 Å². The van der Waals surface area contributed by atoms with E-state index >= 15 is 0 Å². The van der Waals surface area contributed by atoms with Crippen LogP contribution in [-0.2, 0) is 19.4 Å². The molecular weight excluding hydrogens is 370 g/mol. The maximum Gasteiger partial charge on any atom is 0.342 e. The highest BCUT2D eigenvalue weighted by Gasteiger charge is 2.36. The molecule has 0 unspecified atom stereocenters. The Morgan fingerprint density at radius 1 is 1.44 bits per heavy atom. The van der Waals surface area contributed by atoms with Crippen molar-refractivity contribution in [2.45, 2.75) is 32.4 Å². The molecule has 1 saturated heterocycles. The molecule has 1 aliphatic heterocycles. The van der Waals surface area contributed by atoms with Crippen molar-refractivity contribution in [3.8, 4) is 5.75 Å². The van der Waals surface area contributed by atoms with Gasteiger partial charge in [0, 0.05) is 17.6 Å². The van der Waals surface area contributed by atoms with Crippen LogP contribution in [0.2, 0.25) is 5.02 Å². The summed E-state index contributed by atoms with van der Waals surface area (Å²) in [6.07, 6.45) is -0.730. The summed E-state index contributed by atoms with van der Waals surface area (Å²) in [7, 11) is -3.13. The molecule has 0 radical (unpaired) electrons. The van der Waals surface area contributed by atoms with Crippen molar-refractivity contribution >= 4 is 33.3 Å². The van der Waals surface area contributed by atoms with E-state index in [1.165, 1.54) is 30.0 Å². The fourth-order valence-electron chi connectivity index (χ4n) is 2.80. The Bertz CT molecular complexity index is 779. The molecule has 0 bridgehead atoms. The molecule has 138 valence electrons. The zero-order valence-corrected chi connectivity index (χ0v) is 15.5. The summed E-state index contributed by atoms with van der Waals surface area (Å²) in [5.74, 6) is -1.69. The number of phenols is 1. The quantitative estimate of drug-likeness (QED) is 0.768. The van der Waals surface area contributed by atoms with Crippen molar-refractivity contribution in [3.63, 3.8) is 0 Å². The SMILES string of the molecule is CCN(C(=O)[C@H](C)OC(=O)c1ccc(Cl)cc1O)[C@H]1CCS(=O)(=O)C1. The molecule has 7 nitrogen and oxygen atoms in total. The highest BCUT2D eigenvalue weighted by molar-refractivity contribution is 7.91. The van der Waals surface area contributed by atoms with Gasteiger partial charge in [0.25, 0.3) is 5.91 Å². The molecule has 1 fully saturated rings. The van der Waals surface area contributed by atoms with Crippen LogP contribution in [0.25, 0.3) is 0 Å². The first kappa shape index (κ1) is 19.5. The van der Waals surface area contributed by atoms with Crippen LogP contribution in [0.5, 0.6) is 5.75 Å². The van der Waals surface area contributed by atoms with Crippen molar-refractivity contribution in [2.75, 3.05) is 18.1 Å². The molecule has 25 heavy (non-hydrogen) atoms. The van der Waals surface area contributed by atoms with E-state index in [1.54, 1.807) is 6.92 Å². The second kappa shape index (κ2) is 7.61. The molecule has 0 aliphatic carbocycles. The Kier molecular flexibility index (Phi) is 5.95. The number of amides is 1. The maximum atomic E-state index is 12.5. The standard InChI is InChI=1S/C16H20ClNO6S/c1-3-18(12-6-7-25(22,23)9-12)15(20)10(2)24-16(21)13-5-4-11(17)8-14(13)19/h4-5,8,10,12,19H,3,6-7,9H2,1-2H3/t10-,12-/m0/s1. The minimum Gasteiger partial charge on any atom is -0.507 e. The van der Waals surface area contributed by atoms with Gasteiger partial charge in [-0.05, 0) is 38.5 Å². The number of esters is 1. The van der Waals surface area contributed by atoms with Crippen LogP contribution in [0.3, 0.4) is 0 Å². The number of likely N-dealkylation sites (N-methyl/N-ethyl adjacent to an activating group) is 1. The van der Waals surface area contributed by atoms with Gasteiger partial charge in [0.15, 0.2) is 15.9 Å². The minimum absolute atomic E-state index is 0.0499. The Labute approximate surface area is 151 Å². The average Bonchev–Trinajstić information content (AvgIpc) is 2.87. The van der Waals surface area contributed by atoms with Gasteiger partial charge in [-0.15, -0.1) is 0 Å². The number of hydrogen-bond donors (Lipinski definition) is 1. The summed E-state index contributed by atoms with van der Waals surface area (Å²) in [4.78, 5) is 26.1. The second-order valence-corrected chi connectivity index (χ2v) is 8.56. The predicted octanol–water partition coefficient (Wildman–Crippen LogP) is 1.63. The van der Waals surface area contributed by atoms with Gasteiger partial charge in [-0.3, -0.25) is 4.79 Å². The first-order valence-electron chi connectivity index (χ1n) is 7.85. The van der Waals surface area contributed by atoms with E-state index in [2.05, 4.69) is 0 Å². The highest BCUT2D eigenvalue weighted by Crippen LogP contribution is 2.24. The van der Waals surface area contributed by atoms with Crippen molar-refractivity contribution in [1.82, 2.24) is 4.90 Å². The third kappa shape index (κ3) is 4.64. The molecule has 0 saturated carbocycles. The number of carbonyl (C=O) groups excluding carboxylic acids is 2. The van der Waals surface area contributed by atoms with Crippen molar-refractivity contribution < 1.29 is 27.9 Å². The van der Waals surface area contributed by atoms with Crippen LogP contribution in [-0.4, -0.2) is 60.5 Å². The van der Waals surface area contributed by atoms with Crippen LogP contribution < -0.4 is 0 Å². The number of rotatable bonds is 5. The number of benzene rings is 1. The normalized spacial score (nSPS) is 20.0. The summed E-state index contributed by atoms with van der Waals surface area (Å²) in [5.41, 5.74) is -0.101. The van der Waals surface area contributed by atoms with Crippen LogP contribution >= 0.6 is 11.6 Å². The van der Waals surface area contributed by atoms with Crippen LogP contribution in [0.4, 0.5) is 0 Å². The van der Waals surface area contributed by atoms with Crippen molar-refractivity contribution in [3.05, 3.63) is 28.8 Å². The van der Waals surface area contributed by atoms with E-state index in [9.17, 15) is 23.1 Å². The van der Waals surface area contributed by atoms with Gasteiger partial charge in [-0.1, -0.05) is 11.6 Å². The number of halogens is 1. The van der Waals surface area contributed by atoms with Crippen molar-refractivity contribution in [2.24, 2.45) is 0 Å². The highest BCUT2D eigenvalue weighted by atomic mass is 35.5. The van der Waals surface area contributed by atoms with Gasteiger partial charge in [0.1, 0.15) is 11.3 Å². The number of ether oxygens (including phenoxy) is 1. The topological polar surface area (TPSA) is 101 Å². The molecule has 1 heterocycles. The lowest BCUT2D eigenvalue weighted by Gasteiger charge is -2.29. The molecule has 1 N–H and O–H groups in total. The molecular formula is C16H20ClNO6S. The van der Waals surface area contributed by atoms with Gasteiger partial charge in [-0.25, -0.2) is 13.2 Å². The van der Waals surface area contributed by atoms with E-state index in [0.717, 1.165) is 0 Å². The molecule has 0 aromatic heterocycles. The molecule has 1 aromatic rings. The molecule has 0 spiro atoms. The molecule has 1 aliphatic rings. The van der Waals surface area contributed by atoms with Crippen molar-refractivity contribution in [1.29, 1.82) is 0 Å². The van der Waals surface area contributed by atoms with Gasteiger partial charge < -0.3 is 14.7 Å². The summed E-state index contributed by atoms with van der Waals surface area (Å²) < 4.78 is 28.4. The first-order valence-corrected chi connectivity index (χ1v) is 10.0. The number of carbonyl (C=O) groups is 2. The molecule has 2 atom stereocenters. The Morgan fingerprint density at radius 2 is 2.12 bits per heavy atom. The Hall–Kier alpha value is -1.80. The fraction of sp³-hybridized carbons (Fsp3) is 0.500. The van der Waals surface area contributed by atoms with Gasteiger partial charge in [0.2, 0.25) is 0 Å². The summed E-state index contributed by atoms with van der Waals surface area (Å²) >= 11 is 5.71. The number of aromatic hydroxyl groups is 1. The van der Waals surface area contributed by atoms with E-state index < -0.39 is 33.9 Å². The van der Waals surface area contributed by atoms with Gasteiger partial charge in [0.05, 0.1) is 11.5 Å². The third-order valence-electron chi connectivity index (χ3n) is 4.08. The lowest BCUT2D eigenvalue weighted by Crippen LogP contribution is -2.46. The maximum absolute atomic E-state index is 12.5. The second-order valence-electron chi connectivity index (χ2n) is 5.89. The fourth-order valence-corrected chi connectivity index (χ4v) is 4.70. The monoisotopic (exact) mass is 389 g/mol. The van der Waals surface area contributed by atoms with E-state index in [1.807, 2.05) is 0 Å². The summed E-state index contributed by atoms with van der Waals surface area (Å²) in [6, 6.07) is 3.52. The van der Waals surface area contributed by atoms with E-state index in [4.69, 9.17) is 16.3 Å². The molecule has 9 heteroatoms. The summed E-state index contributed by atoms with van der Waals surface area (Å²) in [5, 5.41) is 10.0. The lowest BCUT2D eigenvalue weighted by molar-refractivity contribution is -0.141. The van der Waals surface area contributed by atoms with Gasteiger partial charge >= 0.3 is 5.97 Å². The van der Waals surface area contributed by atoms with Crippen LogP contribution in [0.1, 0.15) is 30.6 Å². The van der Waals surface area contributed by atoms with Crippen LogP contribution in [0, 0.1) is 0 Å². The molecule has 1 aromatic carbocycles.